The second-order valence-electron chi connectivity index (χ2n) is 8.36. The van der Waals surface area contributed by atoms with E-state index < -0.39 is 33.4 Å². The Bertz CT molecular complexity index is 1240. The molecular weight excluding hydrogens is 568 g/mol. The molecule has 11 nitrogen and oxygen atoms in total. The Labute approximate surface area is 225 Å². The topological polar surface area (TPSA) is 139 Å². The van der Waals surface area contributed by atoms with Gasteiger partial charge in [0.25, 0.3) is 5.69 Å². The number of halogens is 1. The summed E-state index contributed by atoms with van der Waals surface area (Å²) in [6, 6.07) is 9.72. The number of carbonyl (C=O) groups is 2. The number of nitrogens with zero attached hydrogens (tertiary/aromatic N) is 3. The lowest BCUT2D eigenvalue weighted by Crippen LogP contribution is -2.51. The zero-order valence-corrected chi connectivity index (χ0v) is 23.5. The number of rotatable bonds is 13. The zero-order chi connectivity index (χ0) is 27.8. The van der Waals surface area contributed by atoms with Crippen molar-refractivity contribution in [1.29, 1.82) is 0 Å². The van der Waals surface area contributed by atoms with E-state index >= 15 is 0 Å². The third-order valence-electron chi connectivity index (χ3n) is 5.56. The number of anilines is 1. The monoisotopic (exact) mass is 598 g/mol. The molecule has 1 atom stereocenters. The van der Waals surface area contributed by atoms with Crippen LogP contribution in [0.3, 0.4) is 0 Å². The normalized spacial score (nSPS) is 11.9. The predicted octanol–water partition coefficient (Wildman–Crippen LogP) is 3.47. The molecule has 0 saturated heterocycles. The van der Waals surface area contributed by atoms with E-state index in [9.17, 15) is 28.1 Å². The zero-order valence-electron chi connectivity index (χ0n) is 21.1. The summed E-state index contributed by atoms with van der Waals surface area (Å²) in [7, 11) is -2.80. The number of unbranched alkanes of at least 4 members (excludes halogenated alkanes) is 1. The lowest BCUT2D eigenvalue weighted by molar-refractivity contribution is -0.384. The van der Waals surface area contributed by atoms with Crippen LogP contribution in [-0.4, -0.2) is 62.6 Å². The maximum absolute atomic E-state index is 13.6. The highest BCUT2D eigenvalue weighted by molar-refractivity contribution is 9.10. The van der Waals surface area contributed by atoms with Gasteiger partial charge in [-0.05, 0) is 37.1 Å². The maximum atomic E-state index is 13.6. The van der Waals surface area contributed by atoms with Crippen LogP contribution in [0.1, 0.15) is 32.3 Å². The molecule has 0 aliphatic rings. The van der Waals surface area contributed by atoms with Gasteiger partial charge in [-0.15, -0.1) is 0 Å². The largest absolute Gasteiger partial charge is 0.495 e. The Morgan fingerprint density at radius 3 is 2.49 bits per heavy atom. The average Bonchev–Trinajstić information content (AvgIpc) is 2.84. The van der Waals surface area contributed by atoms with Gasteiger partial charge in [0.1, 0.15) is 24.0 Å². The molecule has 0 fully saturated rings. The standard InChI is InChI=1S/C24H31BrN4O7S/c1-5-6-12-26-24(31)17(2)27(15-18-8-7-9-19(25)13-18)23(30)16-28(37(4,34)35)21-14-20(29(32)33)10-11-22(21)36-3/h7-11,13-14,17H,5-6,12,15-16H2,1-4H3,(H,26,31)/t17-/m1/s1. The lowest BCUT2D eigenvalue weighted by atomic mass is 10.1. The van der Waals surface area contributed by atoms with Crippen LogP contribution in [0.2, 0.25) is 0 Å². The smallest absolute Gasteiger partial charge is 0.271 e. The first-order chi connectivity index (χ1) is 17.4. The number of sulfonamides is 1. The second-order valence-corrected chi connectivity index (χ2v) is 11.2. The Morgan fingerprint density at radius 1 is 1.22 bits per heavy atom. The minimum absolute atomic E-state index is 0.0321. The third-order valence-corrected chi connectivity index (χ3v) is 7.18. The van der Waals surface area contributed by atoms with Gasteiger partial charge < -0.3 is 15.0 Å². The van der Waals surface area contributed by atoms with Crippen LogP contribution in [0, 0.1) is 10.1 Å². The molecule has 2 amide bonds. The van der Waals surface area contributed by atoms with E-state index in [-0.39, 0.29) is 29.6 Å². The van der Waals surface area contributed by atoms with Crippen molar-refractivity contribution in [1.82, 2.24) is 10.2 Å². The fourth-order valence-corrected chi connectivity index (χ4v) is 4.82. The Hall–Kier alpha value is -3.19. The van der Waals surface area contributed by atoms with E-state index in [1.807, 2.05) is 13.0 Å². The fraction of sp³-hybridized carbons (Fsp3) is 0.417. The molecule has 0 spiro atoms. The molecule has 2 aromatic rings. The van der Waals surface area contributed by atoms with Crippen molar-refractivity contribution in [3.63, 3.8) is 0 Å². The van der Waals surface area contributed by atoms with Gasteiger partial charge in [0.2, 0.25) is 21.8 Å². The third kappa shape index (κ3) is 8.42. The number of nitrogens with one attached hydrogen (secondary N) is 1. The minimum atomic E-state index is -4.09. The number of ether oxygens (including phenoxy) is 1. The summed E-state index contributed by atoms with van der Waals surface area (Å²) < 4.78 is 32.3. The number of benzene rings is 2. The summed E-state index contributed by atoms with van der Waals surface area (Å²) in [6.45, 7) is 3.33. The number of carbonyl (C=O) groups excluding carboxylic acids is 2. The molecular formula is C24H31BrN4O7S. The minimum Gasteiger partial charge on any atom is -0.495 e. The number of amides is 2. The number of methoxy groups -OCH3 is 1. The number of non-ortho nitro benzene ring substituents is 1. The van der Waals surface area contributed by atoms with Crippen LogP contribution < -0.4 is 14.4 Å². The molecule has 37 heavy (non-hydrogen) atoms. The van der Waals surface area contributed by atoms with Gasteiger partial charge in [-0.3, -0.25) is 24.0 Å². The van der Waals surface area contributed by atoms with Crippen molar-refractivity contribution in [2.24, 2.45) is 0 Å². The highest BCUT2D eigenvalue weighted by atomic mass is 79.9. The summed E-state index contributed by atoms with van der Waals surface area (Å²) in [5.41, 5.74) is 0.191. The van der Waals surface area contributed by atoms with E-state index in [0.29, 0.717) is 6.54 Å². The van der Waals surface area contributed by atoms with Gasteiger partial charge in [0.15, 0.2) is 0 Å². The van der Waals surface area contributed by atoms with Crippen LogP contribution in [-0.2, 0) is 26.2 Å². The molecule has 0 aliphatic carbocycles. The van der Waals surface area contributed by atoms with E-state index in [4.69, 9.17) is 4.74 Å². The van der Waals surface area contributed by atoms with Crippen LogP contribution in [0.15, 0.2) is 46.9 Å². The average molecular weight is 600 g/mol. The Kier molecular flexibility index (Phi) is 10.9. The first-order valence-electron chi connectivity index (χ1n) is 11.5. The first-order valence-corrected chi connectivity index (χ1v) is 14.1. The lowest BCUT2D eigenvalue weighted by Gasteiger charge is -2.31. The highest BCUT2D eigenvalue weighted by Gasteiger charge is 2.32. The molecule has 0 bridgehead atoms. The first kappa shape index (κ1) is 30.0. The van der Waals surface area contributed by atoms with Crippen LogP contribution >= 0.6 is 15.9 Å². The second kappa shape index (κ2) is 13.4. The number of nitro groups is 1. The molecule has 0 saturated carbocycles. The van der Waals surface area contributed by atoms with Gasteiger partial charge in [-0.25, -0.2) is 8.42 Å². The van der Waals surface area contributed by atoms with Crippen molar-refractivity contribution < 1.29 is 27.7 Å². The quantitative estimate of drug-likeness (QED) is 0.211. The van der Waals surface area contributed by atoms with Crippen molar-refractivity contribution in [3.8, 4) is 5.75 Å². The Balaban J connectivity index is 2.48. The maximum Gasteiger partial charge on any atom is 0.271 e. The van der Waals surface area contributed by atoms with E-state index in [0.717, 1.165) is 39.5 Å². The summed E-state index contributed by atoms with van der Waals surface area (Å²) in [5.74, 6) is -1.01. The van der Waals surface area contributed by atoms with Crippen LogP contribution in [0.5, 0.6) is 5.75 Å². The van der Waals surface area contributed by atoms with Crippen molar-refractivity contribution in [2.45, 2.75) is 39.3 Å². The number of hydrogen-bond donors (Lipinski definition) is 1. The fourth-order valence-electron chi connectivity index (χ4n) is 3.53. The summed E-state index contributed by atoms with van der Waals surface area (Å²) >= 11 is 3.39. The predicted molar refractivity (Wildman–Crippen MR) is 144 cm³/mol. The molecule has 2 aromatic carbocycles. The molecule has 1 N–H and O–H groups in total. The van der Waals surface area contributed by atoms with Crippen molar-refractivity contribution in [3.05, 3.63) is 62.6 Å². The summed E-state index contributed by atoms with van der Waals surface area (Å²) in [4.78, 5) is 38.4. The van der Waals surface area contributed by atoms with Gasteiger partial charge in [0, 0.05) is 29.7 Å². The SMILES string of the molecule is CCCCNC(=O)[C@@H](C)N(Cc1cccc(Br)c1)C(=O)CN(c1cc([N+](=O)[O-])ccc1OC)S(C)(=O)=O. The van der Waals surface area contributed by atoms with Gasteiger partial charge in [-0.2, -0.15) is 0 Å². The molecule has 13 heteroatoms. The van der Waals surface area contributed by atoms with Crippen molar-refractivity contribution >= 4 is 49.1 Å². The van der Waals surface area contributed by atoms with E-state index in [1.54, 1.807) is 25.1 Å². The number of hydrogen-bond acceptors (Lipinski definition) is 7. The van der Waals surface area contributed by atoms with Gasteiger partial charge >= 0.3 is 0 Å². The molecule has 2 rings (SSSR count). The van der Waals surface area contributed by atoms with Crippen LogP contribution in [0.25, 0.3) is 0 Å². The summed E-state index contributed by atoms with van der Waals surface area (Å²) in [5, 5.41) is 14.1. The molecule has 202 valence electrons. The van der Waals surface area contributed by atoms with Gasteiger partial charge in [0.05, 0.1) is 18.3 Å². The summed E-state index contributed by atoms with van der Waals surface area (Å²) in [6.07, 6.45) is 2.54. The molecule has 0 aromatic heterocycles. The number of nitro benzene ring substituents is 1. The molecule has 0 unspecified atom stereocenters. The Morgan fingerprint density at radius 2 is 1.92 bits per heavy atom. The molecule has 0 radical (unpaired) electrons. The van der Waals surface area contributed by atoms with E-state index in [1.165, 1.54) is 24.1 Å². The van der Waals surface area contributed by atoms with Crippen LogP contribution in [0.4, 0.5) is 11.4 Å². The molecule has 0 heterocycles. The van der Waals surface area contributed by atoms with E-state index in [2.05, 4.69) is 21.2 Å². The van der Waals surface area contributed by atoms with Gasteiger partial charge in [-0.1, -0.05) is 41.4 Å². The van der Waals surface area contributed by atoms with Crippen molar-refractivity contribution in [2.75, 3.05) is 30.8 Å². The molecule has 0 aliphatic heterocycles. The highest BCUT2D eigenvalue weighted by Crippen LogP contribution is 2.34.